The molecule has 5 heteroatoms. The monoisotopic (exact) mass is 370 g/mol. The number of halogens is 2. The summed E-state index contributed by atoms with van der Waals surface area (Å²) >= 11 is 5.94. The number of pyridine rings is 2. The molecule has 0 saturated carbocycles. The van der Waals surface area contributed by atoms with Gasteiger partial charge >= 0.3 is 0 Å². The Hall–Kier alpha value is -2.04. The van der Waals surface area contributed by atoms with Crippen molar-refractivity contribution in [3.8, 4) is 11.3 Å². The molecule has 0 aliphatic carbocycles. The second kappa shape index (κ2) is 6.93. The number of fused-ring (bicyclic) bond motifs is 1. The first-order valence-corrected chi connectivity index (χ1v) is 9.23. The van der Waals surface area contributed by atoms with Crippen LogP contribution in [-0.4, -0.2) is 23.2 Å². The maximum Gasteiger partial charge on any atom is 0.134 e. The summed E-state index contributed by atoms with van der Waals surface area (Å²) in [6.07, 6.45) is 1.85. The average molecular weight is 371 g/mol. The Morgan fingerprint density at radius 2 is 1.85 bits per heavy atom. The van der Waals surface area contributed by atoms with Crippen LogP contribution in [-0.2, 0) is 4.74 Å². The highest BCUT2D eigenvalue weighted by atomic mass is 35.5. The van der Waals surface area contributed by atoms with Crippen LogP contribution in [0.1, 0.15) is 35.7 Å². The van der Waals surface area contributed by atoms with Crippen molar-refractivity contribution < 1.29 is 9.13 Å². The molecule has 134 valence electrons. The molecule has 0 unspecified atom stereocenters. The molecule has 3 aromatic rings. The molecule has 1 saturated heterocycles. The molecule has 1 aliphatic heterocycles. The van der Waals surface area contributed by atoms with E-state index < -0.39 is 0 Å². The van der Waals surface area contributed by atoms with Crippen molar-refractivity contribution >= 4 is 22.5 Å². The predicted octanol–water partition coefficient (Wildman–Crippen LogP) is 5.60. The Balaban J connectivity index is 1.97. The zero-order valence-corrected chi connectivity index (χ0v) is 15.6. The SMILES string of the molecule is Cc1cc2c(-c3ccc(Cl)cc3F)nc(C3CCOCC3)cc2nc1C. The van der Waals surface area contributed by atoms with Gasteiger partial charge in [0.2, 0.25) is 0 Å². The molecule has 0 amide bonds. The Morgan fingerprint density at radius 3 is 2.58 bits per heavy atom. The van der Waals surface area contributed by atoms with Crippen molar-refractivity contribution in [3.05, 3.63) is 58.1 Å². The lowest BCUT2D eigenvalue weighted by molar-refractivity contribution is 0.0845. The third-order valence-corrected chi connectivity index (χ3v) is 5.34. The van der Waals surface area contributed by atoms with E-state index in [4.69, 9.17) is 26.3 Å². The molecular formula is C21H20ClFN2O. The van der Waals surface area contributed by atoms with Crippen LogP contribution in [0.3, 0.4) is 0 Å². The van der Waals surface area contributed by atoms with Gasteiger partial charge in [-0.1, -0.05) is 11.6 Å². The van der Waals surface area contributed by atoms with Gasteiger partial charge in [-0.05, 0) is 62.6 Å². The summed E-state index contributed by atoms with van der Waals surface area (Å²) in [4.78, 5) is 9.62. The van der Waals surface area contributed by atoms with E-state index in [0.29, 0.717) is 22.2 Å². The van der Waals surface area contributed by atoms with E-state index in [-0.39, 0.29) is 5.82 Å². The topological polar surface area (TPSA) is 35.0 Å². The van der Waals surface area contributed by atoms with E-state index >= 15 is 0 Å². The smallest absolute Gasteiger partial charge is 0.134 e. The molecular weight excluding hydrogens is 351 g/mol. The second-order valence-corrected chi connectivity index (χ2v) is 7.30. The summed E-state index contributed by atoms with van der Waals surface area (Å²) in [7, 11) is 0. The van der Waals surface area contributed by atoms with Crippen molar-refractivity contribution in [1.82, 2.24) is 9.97 Å². The molecule has 0 bridgehead atoms. The van der Waals surface area contributed by atoms with Gasteiger partial charge in [0, 0.05) is 46.5 Å². The summed E-state index contributed by atoms with van der Waals surface area (Å²) in [5.41, 5.74) is 4.94. The summed E-state index contributed by atoms with van der Waals surface area (Å²) < 4.78 is 20.1. The maximum absolute atomic E-state index is 14.7. The van der Waals surface area contributed by atoms with Crippen LogP contribution in [0.25, 0.3) is 22.2 Å². The van der Waals surface area contributed by atoms with Crippen LogP contribution in [0.4, 0.5) is 4.39 Å². The number of aryl methyl sites for hydroxylation is 2. The molecule has 3 nitrogen and oxygen atoms in total. The lowest BCUT2D eigenvalue weighted by Gasteiger charge is -2.23. The Kier molecular flexibility index (Phi) is 4.63. The minimum absolute atomic E-state index is 0.311. The Morgan fingerprint density at radius 1 is 1.08 bits per heavy atom. The minimum Gasteiger partial charge on any atom is -0.381 e. The van der Waals surface area contributed by atoms with Crippen LogP contribution in [0.15, 0.2) is 30.3 Å². The lowest BCUT2D eigenvalue weighted by Crippen LogP contribution is -2.15. The highest BCUT2D eigenvalue weighted by molar-refractivity contribution is 6.30. The van der Waals surface area contributed by atoms with E-state index in [1.165, 1.54) is 6.07 Å². The van der Waals surface area contributed by atoms with Gasteiger partial charge in [-0.15, -0.1) is 0 Å². The number of nitrogens with zero attached hydrogens (tertiary/aromatic N) is 2. The fourth-order valence-corrected chi connectivity index (χ4v) is 3.63. The zero-order chi connectivity index (χ0) is 18.3. The second-order valence-electron chi connectivity index (χ2n) is 6.86. The molecule has 1 fully saturated rings. The van der Waals surface area contributed by atoms with Crippen molar-refractivity contribution in [2.45, 2.75) is 32.6 Å². The largest absolute Gasteiger partial charge is 0.381 e. The van der Waals surface area contributed by atoms with Crippen LogP contribution in [0.2, 0.25) is 5.02 Å². The first kappa shape index (κ1) is 17.4. The number of rotatable bonds is 2. The van der Waals surface area contributed by atoms with Gasteiger partial charge in [0.05, 0.1) is 11.2 Å². The van der Waals surface area contributed by atoms with Crippen molar-refractivity contribution in [1.29, 1.82) is 0 Å². The average Bonchev–Trinajstić information content (AvgIpc) is 2.63. The maximum atomic E-state index is 14.7. The molecule has 1 aliphatic rings. The number of benzene rings is 1. The molecule has 4 rings (SSSR count). The van der Waals surface area contributed by atoms with Crippen LogP contribution < -0.4 is 0 Å². The van der Waals surface area contributed by atoms with E-state index in [2.05, 4.69) is 6.07 Å². The molecule has 26 heavy (non-hydrogen) atoms. The van der Waals surface area contributed by atoms with Gasteiger partial charge in [-0.25, -0.2) is 4.39 Å². The first-order valence-electron chi connectivity index (χ1n) is 8.85. The summed E-state index contributed by atoms with van der Waals surface area (Å²) in [5, 5.41) is 1.24. The number of ether oxygens (including phenoxy) is 1. The number of aromatic nitrogens is 2. The minimum atomic E-state index is -0.367. The lowest BCUT2D eigenvalue weighted by atomic mass is 9.94. The Bertz CT molecular complexity index is 983. The molecule has 1 aromatic carbocycles. The summed E-state index contributed by atoms with van der Waals surface area (Å²) in [5.74, 6) is -0.0562. The summed E-state index contributed by atoms with van der Waals surface area (Å²) in [6.45, 7) is 5.47. The fourth-order valence-electron chi connectivity index (χ4n) is 3.47. The molecule has 2 aromatic heterocycles. The standard InChI is InChI=1S/C21H20ClFN2O/c1-12-9-17-20(24-13(12)2)11-19(14-5-7-26-8-6-14)25-21(17)16-4-3-15(22)10-18(16)23/h3-4,9-11,14H,5-8H2,1-2H3. The van der Waals surface area contributed by atoms with E-state index in [1.807, 2.05) is 19.9 Å². The van der Waals surface area contributed by atoms with Gasteiger partial charge in [0.1, 0.15) is 5.82 Å². The van der Waals surface area contributed by atoms with E-state index in [0.717, 1.165) is 53.9 Å². The molecule has 0 spiro atoms. The summed E-state index contributed by atoms with van der Waals surface area (Å²) in [6, 6.07) is 8.82. The van der Waals surface area contributed by atoms with Crippen molar-refractivity contribution in [2.24, 2.45) is 0 Å². The van der Waals surface area contributed by atoms with Gasteiger partial charge in [0.15, 0.2) is 0 Å². The van der Waals surface area contributed by atoms with Crippen LogP contribution >= 0.6 is 11.6 Å². The van der Waals surface area contributed by atoms with Gasteiger partial charge < -0.3 is 4.74 Å². The third-order valence-electron chi connectivity index (χ3n) is 5.10. The number of hydrogen-bond acceptors (Lipinski definition) is 3. The highest BCUT2D eigenvalue weighted by Crippen LogP contribution is 2.34. The van der Waals surface area contributed by atoms with Crippen molar-refractivity contribution in [2.75, 3.05) is 13.2 Å². The predicted molar refractivity (Wildman–Crippen MR) is 102 cm³/mol. The van der Waals surface area contributed by atoms with E-state index in [1.54, 1.807) is 12.1 Å². The van der Waals surface area contributed by atoms with Gasteiger partial charge in [0.25, 0.3) is 0 Å². The zero-order valence-electron chi connectivity index (χ0n) is 14.9. The first-order chi connectivity index (χ1) is 12.5. The van der Waals surface area contributed by atoms with E-state index in [9.17, 15) is 4.39 Å². The third kappa shape index (κ3) is 3.19. The highest BCUT2D eigenvalue weighted by Gasteiger charge is 2.21. The van der Waals surface area contributed by atoms with Crippen molar-refractivity contribution in [3.63, 3.8) is 0 Å². The molecule has 0 atom stereocenters. The number of hydrogen-bond donors (Lipinski definition) is 0. The van der Waals surface area contributed by atoms with Crippen LogP contribution in [0.5, 0.6) is 0 Å². The fraction of sp³-hybridized carbons (Fsp3) is 0.333. The normalized spacial score (nSPS) is 15.5. The molecule has 0 N–H and O–H groups in total. The van der Waals surface area contributed by atoms with Gasteiger partial charge in [-0.2, -0.15) is 0 Å². The quantitative estimate of drug-likeness (QED) is 0.589. The molecule has 0 radical (unpaired) electrons. The van der Waals surface area contributed by atoms with Crippen LogP contribution in [0, 0.1) is 19.7 Å². The van der Waals surface area contributed by atoms with Gasteiger partial charge in [-0.3, -0.25) is 9.97 Å². The molecule has 3 heterocycles. The Labute approximate surface area is 157 Å².